The number of rotatable bonds is 3. The monoisotopic (exact) mass is 203 g/mol. The zero-order valence-electron chi connectivity index (χ0n) is 8.45. The van der Waals surface area contributed by atoms with Gasteiger partial charge in [-0.25, -0.2) is 8.42 Å². The topological polar surface area (TPSA) is 37.4 Å². The van der Waals surface area contributed by atoms with Crippen LogP contribution in [-0.4, -0.2) is 31.6 Å². The molecule has 0 aromatic carbocycles. The smallest absolute Gasteiger partial charge is 0.212 e. The zero-order chi connectivity index (χ0) is 10.1. The van der Waals surface area contributed by atoms with Gasteiger partial charge in [0, 0.05) is 13.1 Å². The summed E-state index contributed by atoms with van der Waals surface area (Å²) in [6, 6.07) is 0. The van der Waals surface area contributed by atoms with E-state index in [0.717, 1.165) is 5.57 Å². The zero-order valence-corrected chi connectivity index (χ0v) is 9.26. The molecule has 0 aromatic heterocycles. The minimum absolute atomic E-state index is 0.200. The Hall–Kier alpha value is -0.350. The summed E-state index contributed by atoms with van der Waals surface area (Å²) in [7, 11) is -3.01. The van der Waals surface area contributed by atoms with E-state index in [9.17, 15) is 8.42 Å². The van der Waals surface area contributed by atoms with E-state index < -0.39 is 10.0 Å². The van der Waals surface area contributed by atoms with Crippen LogP contribution in [0.3, 0.4) is 0 Å². The molecule has 4 heteroatoms. The van der Waals surface area contributed by atoms with Crippen LogP contribution < -0.4 is 0 Å². The highest BCUT2D eigenvalue weighted by atomic mass is 32.2. The van der Waals surface area contributed by atoms with E-state index in [-0.39, 0.29) is 11.7 Å². The third-order valence-electron chi connectivity index (χ3n) is 2.01. The Bertz CT molecular complexity index is 304. The van der Waals surface area contributed by atoms with Gasteiger partial charge in [0.15, 0.2) is 0 Å². The van der Waals surface area contributed by atoms with Crippen LogP contribution in [0.5, 0.6) is 0 Å². The standard InChI is InChI=1S/C9H17NO2S/c1-8(2)7-13(11,12)10-5-4-9(3)6-10/h4,8H,5-7H2,1-3H3. The summed E-state index contributed by atoms with van der Waals surface area (Å²) in [6.45, 7) is 6.95. The van der Waals surface area contributed by atoms with Gasteiger partial charge in [0.1, 0.15) is 0 Å². The molecule has 0 atom stereocenters. The molecular formula is C9H17NO2S. The second-order valence-corrected chi connectivity index (χ2v) is 6.03. The van der Waals surface area contributed by atoms with Crippen LogP contribution in [0.1, 0.15) is 20.8 Å². The van der Waals surface area contributed by atoms with Gasteiger partial charge in [-0.2, -0.15) is 4.31 Å². The molecule has 0 fully saturated rings. The third-order valence-corrected chi connectivity index (χ3v) is 4.16. The first kappa shape index (κ1) is 10.7. The van der Waals surface area contributed by atoms with Gasteiger partial charge in [0.2, 0.25) is 10.0 Å². The Morgan fingerprint density at radius 3 is 2.54 bits per heavy atom. The van der Waals surface area contributed by atoms with Gasteiger partial charge in [0.25, 0.3) is 0 Å². The van der Waals surface area contributed by atoms with Crippen LogP contribution in [0.25, 0.3) is 0 Å². The van der Waals surface area contributed by atoms with Crippen LogP contribution in [0.2, 0.25) is 0 Å². The van der Waals surface area contributed by atoms with Crippen molar-refractivity contribution in [2.45, 2.75) is 20.8 Å². The summed E-state index contributed by atoms with van der Waals surface area (Å²) in [4.78, 5) is 0. The van der Waals surface area contributed by atoms with E-state index in [1.165, 1.54) is 0 Å². The molecule has 0 saturated heterocycles. The largest absolute Gasteiger partial charge is 0.214 e. The molecule has 1 aliphatic heterocycles. The van der Waals surface area contributed by atoms with E-state index in [1.54, 1.807) is 4.31 Å². The van der Waals surface area contributed by atoms with E-state index >= 15 is 0 Å². The number of nitrogens with zero attached hydrogens (tertiary/aromatic N) is 1. The van der Waals surface area contributed by atoms with Crippen molar-refractivity contribution in [3.63, 3.8) is 0 Å². The molecule has 1 heterocycles. The Labute approximate surface area is 80.5 Å². The molecule has 1 aliphatic rings. The summed E-state index contributed by atoms with van der Waals surface area (Å²) in [5, 5.41) is 0. The highest BCUT2D eigenvalue weighted by Crippen LogP contribution is 2.14. The van der Waals surface area contributed by atoms with Crippen LogP contribution in [0, 0.1) is 5.92 Å². The quantitative estimate of drug-likeness (QED) is 0.647. The number of hydrogen-bond acceptors (Lipinski definition) is 2. The second-order valence-electron chi connectivity index (χ2n) is 4.02. The van der Waals surface area contributed by atoms with E-state index in [1.807, 2.05) is 26.8 Å². The lowest BCUT2D eigenvalue weighted by molar-refractivity contribution is 0.476. The van der Waals surface area contributed by atoms with Crippen molar-refractivity contribution in [2.75, 3.05) is 18.8 Å². The molecule has 0 bridgehead atoms. The average molecular weight is 203 g/mol. The third kappa shape index (κ3) is 2.81. The van der Waals surface area contributed by atoms with Gasteiger partial charge in [-0.1, -0.05) is 25.5 Å². The lowest BCUT2D eigenvalue weighted by Gasteiger charge is -2.17. The van der Waals surface area contributed by atoms with Crippen molar-refractivity contribution in [3.8, 4) is 0 Å². The van der Waals surface area contributed by atoms with Gasteiger partial charge in [0.05, 0.1) is 5.75 Å². The molecule has 0 radical (unpaired) electrons. The van der Waals surface area contributed by atoms with Crippen molar-refractivity contribution in [1.29, 1.82) is 0 Å². The lowest BCUT2D eigenvalue weighted by Crippen LogP contribution is -2.32. The van der Waals surface area contributed by atoms with Gasteiger partial charge < -0.3 is 0 Å². The Kier molecular flexibility index (Phi) is 3.14. The molecule has 0 unspecified atom stereocenters. The molecule has 0 saturated carbocycles. The van der Waals surface area contributed by atoms with Crippen LogP contribution >= 0.6 is 0 Å². The van der Waals surface area contributed by atoms with Crippen LogP contribution in [0.15, 0.2) is 11.6 Å². The van der Waals surface area contributed by atoms with Crippen LogP contribution in [0.4, 0.5) is 0 Å². The van der Waals surface area contributed by atoms with Gasteiger partial charge >= 0.3 is 0 Å². The summed E-state index contributed by atoms with van der Waals surface area (Å²) in [6.07, 6.45) is 1.97. The maximum absolute atomic E-state index is 11.7. The molecule has 76 valence electrons. The number of hydrogen-bond donors (Lipinski definition) is 0. The van der Waals surface area contributed by atoms with Gasteiger partial charge in [-0.3, -0.25) is 0 Å². The van der Waals surface area contributed by atoms with Crippen molar-refractivity contribution in [1.82, 2.24) is 4.31 Å². The normalized spacial score (nSPS) is 19.5. The number of sulfonamides is 1. The van der Waals surface area contributed by atoms with Gasteiger partial charge in [-0.05, 0) is 12.8 Å². The molecule has 0 aromatic rings. The first-order chi connectivity index (χ1) is 5.92. The first-order valence-electron chi connectivity index (χ1n) is 4.55. The highest BCUT2D eigenvalue weighted by Gasteiger charge is 2.25. The minimum Gasteiger partial charge on any atom is -0.212 e. The van der Waals surface area contributed by atoms with E-state index in [2.05, 4.69) is 0 Å². The summed E-state index contributed by atoms with van der Waals surface area (Å²) >= 11 is 0. The molecule has 0 spiro atoms. The predicted molar refractivity (Wildman–Crippen MR) is 54.0 cm³/mol. The van der Waals surface area contributed by atoms with Gasteiger partial charge in [-0.15, -0.1) is 0 Å². The maximum atomic E-state index is 11.7. The Balaban J connectivity index is 2.63. The molecule has 0 aliphatic carbocycles. The molecule has 0 amide bonds. The highest BCUT2D eigenvalue weighted by molar-refractivity contribution is 7.89. The molecule has 0 N–H and O–H groups in total. The van der Waals surface area contributed by atoms with Crippen molar-refractivity contribution in [3.05, 3.63) is 11.6 Å². The fourth-order valence-corrected chi connectivity index (χ4v) is 3.16. The Morgan fingerprint density at radius 2 is 2.15 bits per heavy atom. The van der Waals surface area contributed by atoms with Crippen molar-refractivity contribution >= 4 is 10.0 Å². The molecule has 3 nitrogen and oxygen atoms in total. The second kappa shape index (κ2) is 3.80. The lowest BCUT2D eigenvalue weighted by atomic mass is 10.3. The molecule has 1 rings (SSSR count). The summed E-state index contributed by atoms with van der Waals surface area (Å²) in [5.41, 5.74) is 1.15. The predicted octanol–water partition coefficient (Wildman–Crippen LogP) is 1.23. The Morgan fingerprint density at radius 1 is 1.54 bits per heavy atom. The fraction of sp³-hybridized carbons (Fsp3) is 0.778. The summed E-state index contributed by atoms with van der Waals surface area (Å²) in [5.74, 6) is 0.458. The van der Waals surface area contributed by atoms with Crippen molar-refractivity contribution < 1.29 is 8.42 Å². The average Bonchev–Trinajstić information content (AvgIpc) is 2.32. The minimum atomic E-state index is -3.01. The summed E-state index contributed by atoms with van der Waals surface area (Å²) < 4.78 is 24.9. The van der Waals surface area contributed by atoms with Crippen LogP contribution in [-0.2, 0) is 10.0 Å². The first-order valence-corrected chi connectivity index (χ1v) is 6.16. The SMILES string of the molecule is CC1=CCN(S(=O)(=O)CC(C)C)C1. The maximum Gasteiger partial charge on any atom is 0.214 e. The molecular weight excluding hydrogens is 186 g/mol. The van der Waals surface area contributed by atoms with E-state index in [4.69, 9.17) is 0 Å². The molecule has 13 heavy (non-hydrogen) atoms. The fourth-order valence-electron chi connectivity index (χ4n) is 1.40. The van der Waals surface area contributed by atoms with E-state index in [0.29, 0.717) is 13.1 Å². The van der Waals surface area contributed by atoms with Crippen molar-refractivity contribution in [2.24, 2.45) is 5.92 Å².